The van der Waals surface area contributed by atoms with Gasteiger partial charge in [-0.2, -0.15) is 9.90 Å². The van der Waals surface area contributed by atoms with Crippen molar-refractivity contribution in [2.45, 2.75) is 58.1 Å². The second-order valence-corrected chi connectivity index (χ2v) is 23.2. The Morgan fingerprint density at radius 2 is 1.41 bits per heavy atom. The van der Waals surface area contributed by atoms with Gasteiger partial charge in [0.25, 0.3) is 0 Å². The molecule has 0 aromatic carbocycles. The molecule has 4 rings (SSSR count). The van der Waals surface area contributed by atoms with Crippen LogP contribution >= 0.6 is 44.7 Å². The van der Waals surface area contributed by atoms with Crippen LogP contribution in [0.15, 0.2) is 49.1 Å². The number of aromatic nitrogens is 4. The number of halogens is 3. The van der Waals surface area contributed by atoms with Gasteiger partial charge < -0.3 is 20.5 Å². The number of ether oxygens (including phenoxy) is 2. The summed E-state index contributed by atoms with van der Waals surface area (Å²) in [5, 5.41) is 3.06. The Bertz CT molecular complexity index is 1240. The maximum absolute atomic E-state index is 6.03. The molecule has 4 aromatic rings. The van der Waals surface area contributed by atoms with E-state index in [1.54, 1.807) is 12.4 Å². The normalized spacial score (nSPS) is 11.1. The van der Waals surface area contributed by atoms with Gasteiger partial charge in [0.15, 0.2) is 0 Å². The average molecular weight is 660 g/mol. The molecule has 4 heterocycles. The molecule has 1 atom stereocenters. The van der Waals surface area contributed by atoms with Gasteiger partial charge in [-0.3, -0.25) is 0 Å². The first-order chi connectivity index (χ1) is 17.4. The molecule has 1 N–H and O–H groups in total. The molecule has 0 saturated carbocycles. The van der Waals surface area contributed by atoms with Crippen molar-refractivity contribution >= 4 is 82.7 Å². The number of fused-ring (bicyclic) bond motifs is 2. The molecule has 0 spiro atoms. The van der Waals surface area contributed by atoms with Crippen molar-refractivity contribution in [1.82, 2.24) is 19.5 Å². The summed E-state index contributed by atoms with van der Waals surface area (Å²) in [5.41, 5.74) is 2.10. The third-order valence-electron chi connectivity index (χ3n) is 5.38. The van der Waals surface area contributed by atoms with Crippen LogP contribution in [-0.4, -0.2) is 54.9 Å². The van der Waals surface area contributed by atoms with Gasteiger partial charge in [-0.05, 0) is 36.4 Å². The zero-order valence-electron chi connectivity index (χ0n) is 25.4. The number of hydrogen-bond acceptors (Lipinski definition) is 4. The van der Waals surface area contributed by atoms with Gasteiger partial charge in [-0.25, -0.2) is 9.97 Å². The van der Waals surface area contributed by atoms with E-state index in [2.05, 4.69) is 58.8 Å². The minimum atomic E-state index is -1.01. The van der Waals surface area contributed by atoms with E-state index in [-0.39, 0.29) is 40.9 Å². The molecule has 4 aromatic heterocycles. The standard InChI is InChI=1S/C13H19ClN2OSi.C7H5ClN2.C6H15ClOSi.Na.H3P.H/c1-18(2,3)9-8-17-10-16-7-5-11-12(16)4-6-15-13(11)14;8-7-5-1-3-9-6(5)2-4-10-7;1-9(2,3)5-4-8-6-7;;;/h4-7H,8-10H2,1-3H3;1-4,9H;4-6H2,1-3H3;;1H3;/q;;;+1;;-1. The summed E-state index contributed by atoms with van der Waals surface area (Å²) < 4.78 is 12.8. The van der Waals surface area contributed by atoms with Crippen LogP contribution in [0.25, 0.3) is 21.8 Å². The molecule has 0 aliphatic rings. The summed E-state index contributed by atoms with van der Waals surface area (Å²) in [7, 11) is -1.89. The Hall–Kier alpha value is 0.0338. The molecule has 1 unspecified atom stereocenters. The number of nitrogens with one attached hydrogen (secondary N) is 1. The van der Waals surface area contributed by atoms with E-state index in [0.29, 0.717) is 23.1 Å². The minimum Gasteiger partial charge on any atom is -1.00 e. The van der Waals surface area contributed by atoms with Gasteiger partial charge in [0.1, 0.15) is 23.1 Å². The number of alkyl halides is 1. The molecule has 0 bridgehead atoms. The molecule has 0 aliphatic carbocycles. The first-order valence-electron chi connectivity index (χ1n) is 12.3. The molecular weight excluding hydrogens is 617 g/mol. The second kappa shape index (κ2) is 19.3. The van der Waals surface area contributed by atoms with E-state index >= 15 is 0 Å². The van der Waals surface area contributed by atoms with Crippen molar-refractivity contribution in [3.8, 4) is 0 Å². The van der Waals surface area contributed by atoms with Crippen molar-refractivity contribution in [2.24, 2.45) is 0 Å². The zero-order chi connectivity index (χ0) is 27.5. The van der Waals surface area contributed by atoms with Crippen molar-refractivity contribution in [3.63, 3.8) is 0 Å². The van der Waals surface area contributed by atoms with E-state index in [0.717, 1.165) is 35.0 Å². The Balaban J connectivity index is 0. The van der Waals surface area contributed by atoms with Gasteiger partial charge in [0, 0.05) is 64.9 Å². The number of pyridine rings is 2. The number of aromatic amines is 1. The summed E-state index contributed by atoms with van der Waals surface area (Å²) in [6, 6.07) is 10.5. The molecule has 0 saturated heterocycles. The molecule has 0 amide bonds. The van der Waals surface area contributed by atoms with Crippen LogP contribution in [-0.2, 0) is 16.2 Å². The predicted octanol–water partition coefficient (Wildman–Crippen LogP) is 5.93. The number of rotatable bonds is 9. The summed E-state index contributed by atoms with van der Waals surface area (Å²) in [5.74, 6) is 0. The van der Waals surface area contributed by atoms with Crippen LogP contribution in [0.4, 0.5) is 0 Å². The van der Waals surface area contributed by atoms with Crippen LogP contribution < -0.4 is 29.6 Å². The first-order valence-corrected chi connectivity index (χ1v) is 21.0. The van der Waals surface area contributed by atoms with Crippen molar-refractivity contribution in [3.05, 3.63) is 59.4 Å². The maximum Gasteiger partial charge on any atom is 1.00 e. The van der Waals surface area contributed by atoms with E-state index in [4.69, 9.17) is 44.3 Å². The van der Waals surface area contributed by atoms with Gasteiger partial charge in [-0.15, -0.1) is 0 Å². The van der Waals surface area contributed by atoms with E-state index in [1.807, 2.05) is 36.7 Å². The third kappa shape index (κ3) is 15.2. The van der Waals surface area contributed by atoms with Gasteiger partial charge in [0.05, 0.1) is 11.0 Å². The fourth-order valence-corrected chi connectivity index (χ4v) is 5.18. The molecule has 0 radical (unpaired) electrons. The fourth-order valence-electron chi connectivity index (χ4n) is 3.12. The van der Waals surface area contributed by atoms with Crippen LogP contribution in [0.3, 0.4) is 0 Å². The molecule has 39 heavy (non-hydrogen) atoms. The Kier molecular flexibility index (Phi) is 19.3. The van der Waals surface area contributed by atoms with Crippen LogP contribution in [0.2, 0.25) is 61.7 Å². The van der Waals surface area contributed by atoms with Crippen LogP contribution in [0.5, 0.6) is 0 Å². The summed E-state index contributed by atoms with van der Waals surface area (Å²) in [6.45, 7) is 16.3. The molecule has 0 fully saturated rings. The van der Waals surface area contributed by atoms with Crippen molar-refractivity contribution in [2.75, 3.05) is 19.3 Å². The third-order valence-corrected chi connectivity index (χ3v) is 9.54. The Labute approximate surface area is 277 Å². The molecule has 13 heteroatoms. The minimum absolute atomic E-state index is 0. The summed E-state index contributed by atoms with van der Waals surface area (Å²) in [4.78, 5) is 11.0. The number of H-pyrrole nitrogens is 1. The molecule has 6 nitrogen and oxygen atoms in total. The van der Waals surface area contributed by atoms with Crippen molar-refractivity contribution in [1.29, 1.82) is 0 Å². The monoisotopic (exact) mass is 658 g/mol. The Morgan fingerprint density at radius 3 is 1.97 bits per heavy atom. The SMILES string of the molecule is C[Si](C)(C)CCOCCl.C[Si](C)(C)CCOCn1ccc2c(Cl)nccc21.Clc1nccc2[nH]ccc12.P.[H-].[Na+]. The molecular formula is C26H43Cl3N4NaO2PSi2. The summed E-state index contributed by atoms with van der Waals surface area (Å²) >= 11 is 17.1. The van der Waals surface area contributed by atoms with Gasteiger partial charge in [-0.1, -0.05) is 74.1 Å². The van der Waals surface area contributed by atoms with E-state index < -0.39 is 16.1 Å². The smallest absolute Gasteiger partial charge is 1.00 e. The first kappa shape index (κ1) is 39.0. The average Bonchev–Trinajstić information content (AvgIpc) is 3.45. The second-order valence-electron chi connectivity index (χ2n) is 11.0. The number of nitrogens with zero attached hydrogens (tertiary/aromatic N) is 3. The van der Waals surface area contributed by atoms with Crippen LogP contribution in [0.1, 0.15) is 1.43 Å². The van der Waals surface area contributed by atoms with Gasteiger partial charge >= 0.3 is 29.6 Å². The molecule has 214 valence electrons. The fraction of sp³-hybridized carbons (Fsp3) is 0.462. The molecule has 0 aliphatic heterocycles. The Morgan fingerprint density at radius 1 is 0.846 bits per heavy atom. The maximum atomic E-state index is 6.03. The zero-order valence-corrected chi connectivity index (χ0v) is 32.0. The predicted molar refractivity (Wildman–Crippen MR) is 177 cm³/mol. The topological polar surface area (TPSA) is 65.0 Å². The van der Waals surface area contributed by atoms with Crippen LogP contribution in [0, 0.1) is 0 Å². The summed E-state index contributed by atoms with van der Waals surface area (Å²) in [6.07, 6.45) is 7.25. The van der Waals surface area contributed by atoms with Crippen molar-refractivity contribution < 1.29 is 40.5 Å². The number of hydrogen-bond donors (Lipinski definition) is 1. The quantitative estimate of drug-likeness (QED) is 0.0796. The van der Waals surface area contributed by atoms with Gasteiger partial charge in [0.2, 0.25) is 0 Å². The van der Waals surface area contributed by atoms with E-state index in [1.165, 1.54) is 12.1 Å². The van der Waals surface area contributed by atoms with E-state index in [9.17, 15) is 0 Å². The largest absolute Gasteiger partial charge is 1.00 e.